The number of nitrogens with one attached hydrogen (secondary N) is 2. The highest BCUT2D eigenvalue weighted by Gasteiger charge is 2.38. The molecule has 1 aliphatic rings. The molecule has 3 N–H and O–H groups in total. The molecular weight excluding hydrogens is 622 g/mol. The first-order valence-electron chi connectivity index (χ1n) is 17.7. The minimum Gasteiger partial charge on any atom is -0.400 e. The van der Waals surface area contributed by atoms with E-state index in [1.165, 1.54) is 0 Å². The Balaban J connectivity index is 0. The number of amides is 4. The maximum Gasteiger partial charge on any atom is 0.245 e. The largest absolute Gasteiger partial charge is 0.400 e. The number of methoxy groups -OCH3 is 1. The van der Waals surface area contributed by atoms with Gasteiger partial charge >= 0.3 is 0 Å². The summed E-state index contributed by atoms with van der Waals surface area (Å²) in [5.74, 6) is -0.598. The molecule has 0 aromatic carbocycles. The van der Waals surface area contributed by atoms with Crippen LogP contribution in [0.2, 0.25) is 0 Å². The molecule has 1 fully saturated rings. The second-order valence-corrected chi connectivity index (χ2v) is 13.4. The monoisotopic (exact) mass is 694 g/mol. The number of hydrogen-bond donors (Lipinski definition) is 3. The van der Waals surface area contributed by atoms with E-state index < -0.39 is 12.1 Å². The Morgan fingerprint density at radius 3 is 2.06 bits per heavy atom. The van der Waals surface area contributed by atoms with Gasteiger partial charge in [-0.25, -0.2) is 0 Å². The summed E-state index contributed by atoms with van der Waals surface area (Å²) < 4.78 is 5.86. The van der Waals surface area contributed by atoms with Crippen LogP contribution < -0.4 is 10.6 Å². The fourth-order valence-corrected chi connectivity index (χ4v) is 6.28. The minimum atomic E-state index is -0.694. The van der Waals surface area contributed by atoms with Crippen LogP contribution >= 0.6 is 0 Å². The van der Waals surface area contributed by atoms with Crippen molar-refractivity contribution in [1.82, 2.24) is 25.3 Å². The number of rotatable bonds is 18. The van der Waals surface area contributed by atoms with Crippen molar-refractivity contribution in [3.63, 3.8) is 0 Å². The molecule has 284 valence electrons. The fourth-order valence-electron chi connectivity index (χ4n) is 6.28. The van der Waals surface area contributed by atoms with Gasteiger partial charge in [0.1, 0.15) is 6.04 Å². The van der Waals surface area contributed by atoms with E-state index in [0.717, 1.165) is 26.4 Å². The minimum absolute atomic E-state index is 0.0140. The molecule has 0 bridgehead atoms. The Bertz CT molecular complexity index is 1020. The van der Waals surface area contributed by atoms with Crippen LogP contribution in [0.4, 0.5) is 0 Å². The van der Waals surface area contributed by atoms with E-state index >= 15 is 0 Å². The van der Waals surface area contributed by atoms with Crippen molar-refractivity contribution >= 4 is 23.6 Å². The maximum atomic E-state index is 13.8. The van der Waals surface area contributed by atoms with Crippen molar-refractivity contribution in [2.45, 2.75) is 117 Å². The number of aliphatic hydroxyl groups is 1. The topological polar surface area (TPSA) is 132 Å². The van der Waals surface area contributed by atoms with Crippen LogP contribution in [0.3, 0.4) is 0 Å². The van der Waals surface area contributed by atoms with Crippen LogP contribution in [0.1, 0.15) is 87.0 Å². The summed E-state index contributed by atoms with van der Waals surface area (Å²) in [5, 5.41) is 12.7. The summed E-state index contributed by atoms with van der Waals surface area (Å²) in [7, 11) is 9.69. The van der Waals surface area contributed by atoms with Crippen LogP contribution in [0.5, 0.6) is 0 Å². The van der Waals surface area contributed by atoms with E-state index in [2.05, 4.69) is 17.2 Å². The number of likely N-dealkylation sites (N-methyl/N-ethyl adjacent to an activating group) is 2. The van der Waals surface area contributed by atoms with E-state index in [1.807, 2.05) is 96.7 Å². The number of allylic oxidation sites excluding steroid dienone is 5. The number of nitrogens with zero attached hydrogens (tertiary/aromatic N) is 3. The molecule has 11 nitrogen and oxygen atoms in total. The highest BCUT2D eigenvalue weighted by atomic mass is 16.5. The van der Waals surface area contributed by atoms with E-state index in [-0.39, 0.29) is 65.9 Å². The molecule has 0 spiro atoms. The maximum absolute atomic E-state index is 13.8. The summed E-state index contributed by atoms with van der Waals surface area (Å²) in [6.07, 6.45) is 13.0. The van der Waals surface area contributed by atoms with Gasteiger partial charge in [0.15, 0.2) is 0 Å². The first-order chi connectivity index (χ1) is 23.1. The van der Waals surface area contributed by atoms with Crippen LogP contribution in [-0.4, -0.2) is 123 Å². The van der Waals surface area contributed by atoms with Gasteiger partial charge in [-0.1, -0.05) is 84.9 Å². The van der Waals surface area contributed by atoms with Crippen molar-refractivity contribution in [3.05, 3.63) is 37.0 Å². The molecule has 0 aliphatic carbocycles. The lowest BCUT2D eigenvalue weighted by Gasteiger charge is -2.38. The van der Waals surface area contributed by atoms with Crippen LogP contribution in [0, 0.1) is 17.8 Å². The lowest BCUT2D eigenvalue weighted by atomic mass is 9.95. The SMILES string of the molecule is C=C/C=C\C=C/C.CCCC(C(CC(=O)N1CCCC1CC(C)C(=O)NC)OC)N(C)C(=O)C(NC(=O)C(C(C)C)N(C)C)C(C)C.CO. The second-order valence-electron chi connectivity index (χ2n) is 13.4. The van der Waals surface area contributed by atoms with Crippen molar-refractivity contribution in [2.24, 2.45) is 17.8 Å². The van der Waals surface area contributed by atoms with E-state index in [4.69, 9.17) is 9.84 Å². The fraction of sp³-hybridized carbons (Fsp3) is 0.737. The molecule has 0 radical (unpaired) electrons. The average Bonchev–Trinajstić information content (AvgIpc) is 3.53. The zero-order chi connectivity index (χ0) is 38.3. The molecule has 1 saturated heterocycles. The van der Waals surface area contributed by atoms with Gasteiger partial charge in [0, 0.05) is 46.8 Å². The van der Waals surface area contributed by atoms with E-state index in [9.17, 15) is 19.2 Å². The lowest BCUT2D eigenvalue weighted by molar-refractivity contribution is -0.145. The Kier molecular flexibility index (Phi) is 26.3. The van der Waals surface area contributed by atoms with Gasteiger partial charge in [-0.3, -0.25) is 24.1 Å². The zero-order valence-electron chi connectivity index (χ0n) is 33.0. The average molecular weight is 694 g/mol. The molecule has 1 heterocycles. The second kappa shape index (κ2) is 26.8. The molecule has 6 atom stereocenters. The molecule has 0 aromatic heterocycles. The van der Waals surface area contributed by atoms with Crippen LogP contribution in [0.25, 0.3) is 0 Å². The van der Waals surface area contributed by atoms with Gasteiger partial charge < -0.3 is 30.3 Å². The Hall–Kier alpha value is -3.02. The molecule has 6 unspecified atom stereocenters. The van der Waals surface area contributed by atoms with Gasteiger partial charge in [0.2, 0.25) is 23.6 Å². The van der Waals surface area contributed by atoms with Crippen LogP contribution in [-0.2, 0) is 23.9 Å². The predicted octanol–water partition coefficient (Wildman–Crippen LogP) is 4.42. The van der Waals surface area contributed by atoms with E-state index in [0.29, 0.717) is 19.4 Å². The third-order valence-electron chi connectivity index (χ3n) is 8.79. The third-order valence-corrected chi connectivity index (χ3v) is 8.79. The Morgan fingerprint density at radius 1 is 1.00 bits per heavy atom. The van der Waals surface area contributed by atoms with Crippen molar-refractivity contribution < 1.29 is 29.0 Å². The molecule has 49 heavy (non-hydrogen) atoms. The Labute approximate surface area is 298 Å². The molecule has 4 amide bonds. The highest BCUT2D eigenvalue weighted by Crippen LogP contribution is 2.26. The number of carbonyl (C=O) groups is 4. The van der Waals surface area contributed by atoms with Gasteiger partial charge in [-0.15, -0.1) is 0 Å². The number of ether oxygens (including phenoxy) is 1. The van der Waals surface area contributed by atoms with Gasteiger partial charge in [0.05, 0.1) is 24.6 Å². The molecule has 1 rings (SSSR count). The molecule has 0 saturated carbocycles. The smallest absolute Gasteiger partial charge is 0.245 e. The molecule has 0 aromatic rings. The number of likely N-dealkylation sites (tertiary alicyclic amines) is 1. The summed E-state index contributed by atoms with van der Waals surface area (Å²) in [6.45, 7) is 17.9. The van der Waals surface area contributed by atoms with Crippen molar-refractivity contribution in [3.8, 4) is 0 Å². The van der Waals surface area contributed by atoms with E-state index in [1.54, 1.807) is 32.2 Å². The Morgan fingerprint density at radius 2 is 1.61 bits per heavy atom. The first kappa shape index (κ1) is 48.1. The van der Waals surface area contributed by atoms with Crippen molar-refractivity contribution in [1.29, 1.82) is 0 Å². The quantitative estimate of drug-likeness (QED) is 0.181. The first-order valence-corrected chi connectivity index (χ1v) is 17.7. The highest BCUT2D eigenvalue weighted by molar-refractivity contribution is 5.90. The number of hydrogen-bond acceptors (Lipinski definition) is 7. The standard InChI is InChI=1S/C30H57N5O5.C7H10.CH4O/c1-12-14-23(34(10)30(39)26(19(2)3)32-29(38)27(20(4)5)33(8)9)24(40-11)18-25(36)35-16-13-15-22(35)17-21(6)28(37)31-7;1-3-5-7-6-4-2;1-2/h19-24,26-27H,12-18H2,1-11H3,(H,31,37)(H,32,38);3-7H,1H2,2H3;2H,1H3/b;6-4-,7-5-;. The zero-order valence-corrected chi connectivity index (χ0v) is 33.0. The predicted molar refractivity (Wildman–Crippen MR) is 201 cm³/mol. The summed E-state index contributed by atoms with van der Waals surface area (Å²) >= 11 is 0. The van der Waals surface area contributed by atoms with Crippen LogP contribution in [0.15, 0.2) is 37.0 Å². The summed E-state index contributed by atoms with van der Waals surface area (Å²) in [4.78, 5) is 58.1. The van der Waals surface area contributed by atoms with Crippen molar-refractivity contribution in [2.75, 3.05) is 49.0 Å². The number of aliphatic hydroxyl groups excluding tert-OH is 1. The summed E-state index contributed by atoms with van der Waals surface area (Å²) in [5.41, 5.74) is 0. The third kappa shape index (κ3) is 17.0. The molecule has 11 heteroatoms. The molecular formula is C38H71N5O6. The van der Waals surface area contributed by atoms with Gasteiger partial charge in [-0.05, 0) is 58.5 Å². The van der Waals surface area contributed by atoms with Gasteiger partial charge in [-0.2, -0.15) is 0 Å². The number of carbonyl (C=O) groups excluding carboxylic acids is 4. The summed E-state index contributed by atoms with van der Waals surface area (Å²) in [6, 6.07) is -1.35. The normalized spacial score (nSPS) is 17.5. The molecule has 1 aliphatic heterocycles. The lowest BCUT2D eigenvalue weighted by Crippen LogP contribution is -2.58. The van der Waals surface area contributed by atoms with Gasteiger partial charge in [0.25, 0.3) is 0 Å².